The molecule has 1 saturated heterocycles. The summed E-state index contributed by atoms with van der Waals surface area (Å²) in [6, 6.07) is 16.2. The first-order valence-corrected chi connectivity index (χ1v) is 9.55. The molecule has 1 heterocycles. The molecule has 0 radical (unpaired) electrons. The van der Waals surface area contributed by atoms with Crippen LogP contribution >= 0.6 is 0 Å². The van der Waals surface area contributed by atoms with Crippen LogP contribution in [0.5, 0.6) is 0 Å². The van der Waals surface area contributed by atoms with Crippen molar-refractivity contribution in [3.05, 3.63) is 71.3 Å². The zero-order valence-electron chi connectivity index (χ0n) is 13.5. The van der Waals surface area contributed by atoms with Gasteiger partial charge in [-0.2, -0.15) is 0 Å². The number of ether oxygens (including phenoxy) is 1. The first-order valence-electron chi connectivity index (χ1n) is 7.66. The Morgan fingerprint density at radius 3 is 2.08 bits per heavy atom. The molecule has 2 aromatic rings. The highest BCUT2D eigenvalue weighted by molar-refractivity contribution is 7.90. The molecule has 0 bridgehead atoms. The number of rotatable bonds is 3. The van der Waals surface area contributed by atoms with Crippen molar-refractivity contribution < 1.29 is 17.9 Å². The Kier molecular flexibility index (Phi) is 4.28. The van der Waals surface area contributed by atoms with Gasteiger partial charge in [0.25, 0.3) is 0 Å². The lowest BCUT2D eigenvalue weighted by molar-refractivity contribution is -0.138. The molecule has 1 aliphatic heterocycles. The highest BCUT2D eigenvalue weighted by atomic mass is 32.2. The van der Waals surface area contributed by atoms with Crippen molar-refractivity contribution in [2.45, 2.75) is 24.3 Å². The van der Waals surface area contributed by atoms with Crippen molar-refractivity contribution in [1.82, 2.24) is 0 Å². The summed E-state index contributed by atoms with van der Waals surface area (Å²) >= 11 is 0. The lowest BCUT2D eigenvalue weighted by Gasteiger charge is -2.11. The minimum absolute atomic E-state index is 0.151. The van der Waals surface area contributed by atoms with E-state index in [1.165, 1.54) is 6.26 Å². The van der Waals surface area contributed by atoms with Crippen LogP contribution in [-0.4, -0.2) is 26.7 Å². The Bertz CT molecular complexity index is 894. The van der Waals surface area contributed by atoms with Crippen molar-refractivity contribution in [3.63, 3.8) is 0 Å². The zero-order chi connectivity index (χ0) is 17.3. The molecular weight excluding hydrogens is 324 g/mol. The SMILES string of the molecule is CC1CC(=C(c2ccccc2)c2ccc(S(C)(=O)=O)cc2)C(=O)O1. The molecule has 0 spiro atoms. The van der Waals surface area contributed by atoms with Gasteiger partial charge in [0.1, 0.15) is 6.10 Å². The Labute approximate surface area is 141 Å². The van der Waals surface area contributed by atoms with E-state index in [0.29, 0.717) is 12.0 Å². The Hall–Kier alpha value is -2.40. The monoisotopic (exact) mass is 342 g/mol. The normalized spacial score (nSPS) is 19.9. The van der Waals surface area contributed by atoms with Gasteiger partial charge in [-0.1, -0.05) is 42.5 Å². The minimum atomic E-state index is -3.26. The highest BCUT2D eigenvalue weighted by Crippen LogP contribution is 2.34. The molecule has 5 heteroatoms. The van der Waals surface area contributed by atoms with E-state index in [0.717, 1.165) is 16.7 Å². The van der Waals surface area contributed by atoms with E-state index in [9.17, 15) is 13.2 Å². The third kappa shape index (κ3) is 3.26. The highest BCUT2D eigenvalue weighted by Gasteiger charge is 2.29. The molecule has 0 amide bonds. The van der Waals surface area contributed by atoms with Crippen LogP contribution in [0.2, 0.25) is 0 Å². The standard InChI is InChI=1S/C19H18O4S/c1-13-12-17(19(20)23-13)18(14-6-4-3-5-7-14)15-8-10-16(11-9-15)24(2,21)22/h3-11,13H,12H2,1-2H3. The van der Waals surface area contributed by atoms with Crippen LogP contribution in [0.25, 0.3) is 5.57 Å². The van der Waals surface area contributed by atoms with Crippen molar-refractivity contribution in [1.29, 1.82) is 0 Å². The summed E-state index contributed by atoms with van der Waals surface area (Å²) in [5.41, 5.74) is 3.13. The summed E-state index contributed by atoms with van der Waals surface area (Å²) in [7, 11) is -3.26. The van der Waals surface area contributed by atoms with Crippen LogP contribution in [0.1, 0.15) is 24.5 Å². The topological polar surface area (TPSA) is 60.4 Å². The van der Waals surface area contributed by atoms with Gasteiger partial charge in [0, 0.05) is 18.2 Å². The second-order valence-corrected chi connectivity index (χ2v) is 7.95. The molecule has 3 rings (SSSR count). The summed E-state index contributed by atoms with van der Waals surface area (Å²) in [5.74, 6) is -0.312. The van der Waals surface area contributed by atoms with Gasteiger partial charge in [0.15, 0.2) is 9.84 Å². The molecule has 0 aromatic heterocycles. The van der Waals surface area contributed by atoms with E-state index in [1.807, 2.05) is 37.3 Å². The largest absolute Gasteiger partial charge is 0.459 e. The van der Waals surface area contributed by atoms with Crippen LogP contribution in [0, 0.1) is 0 Å². The summed E-state index contributed by atoms with van der Waals surface area (Å²) in [4.78, 5) is 12.5. The third-order valence-corrected chi connectivity index (χ3v) is 5.11. The van der Waals surface area contributed by atoms with Gasteiger partial charge in [0.2, 0.25) is 0 Å². The van der Waals surface area contributed by atoms with Gasteiger partial charge in [-0.3, -0.25) is 0 Å². The smallest absolute Gasteiger partial charge is 0.335 e. The molecule has 1 fully saturated rings. The molecule has 1 unspecified atom stereocenters. The molecule has 0 saturated carbocycles. The quantitative estimate of drug-likeness (QED) is 0.635. The van der Waals surface area contributed by atoms with E-state index in [2.05, 4.69) is 0 Å². The van der Waals surface area contributed by atoms with E-state index in [-0.39, 0.29) is 17.0 Å². The number of hydrogen-bond donors (Lipinski definition) is 0. The van der Waals surface area contributed by atoms with Gasteiger partial charge in [-0.25, -0.2) is 13.2 Å². The average Bonchev–Trinajstić information content (AvgIpc) is 2.87. The zero-order valence-corrected chi connectivity index (χ0v) is 14.3. The maximum absolute atomic E-state index is 12.2. The van der Waals surface area contributed by atoms with Crippen molar-refractivity contribution in [2.24, 2.45) is 0 Å². The van der Waals surface area contributed by atoms with Gasteiger partial charge in [-0.15, -0.1) is 0 Å². The van der Waals surface area contributed by atoms with Gasteiger partial charge >= 0.3 is 5.97 Å². The fraction of sp³-hybridized carbons (Fsp3) is 0.211. The fourth-order valence-corrected chi connectivity index (χ4v) is 3.49. The van der Waals surface area contributed by atoms with E-state index >= 15 is 0 Å². The Morgan fingerprint density at radius 1 is 1.00 bits per heavy atom. The van der Waals surface area contributed by atoms with Crippen LogP contribution < -0.4 is 0 Å². The number of carbonyl (C=O) groups is 1. The first-order chi connectivity index (χ1) is 11.4. The van der Waals surface area contributed by atoms with E-state index in [4.69, 9.17) is 4.74 Å². The van der Waals surface area contributed by atoms with Crippen molar-refractivity contribution in [3.8, 4) is 0 Å². The number of esters is 1. The number of carbonyl (C=O) groups excluding carboxylic acids is 1. The maximum atomic E-state index is 12.2. The van der Waals surface area contributed by atoms with Crippen LogP contribution in [0.4, 0.5) is 0 Å². The third-order valence-electron chi connectivity index (χ3n) is 3.98. The summed E-state index contributed by atoms with van der Waals surface area (Å²) in [5, 5.41) is 0. The van der Waals surface area contributed by atoms with Crippen LogP contribution in [0.3, 0.4) is 0 Å². The predicted molar refractivity (Wildman–Crippen MR) is 92.2 cm³/mol. The molecule has 1 atom stereocenters. The minimum Gasteiger partial charge on any atom is -0.459 e. The second-order valence-electron chi connectivity index (χ2n) is 5.94. The summed E-state index contributed by atoms with van der Waals surface area (Å²) in [6.45, 7) is 1.86. The molecule has 24 heavy (non-hydrogen) atoms. The maximum Gasteiger partial charge on any atom is 0.335 e. The fourth-order valence-electron chi connectivity index (χ4n) is 2.86. The van der Waals surface area contributed by atoms with Crippen molar-refractivity contribution in [2.75, 3.05) is 6.26 Å². The van der Waals surface area contributed by atoms with Crippen LogP contribution in [0.15, 0.2) is 65.1 Å². The molecule has 4 nitrogen and oxygen atoms in total. The van der Waals surface area contributed by atoms with Gasteiger partial charge in [0.05, 0.1) is 4.90 Å². The Balaban J connectivity index is 2.17. The molecule has 1 aliphatic rings. The summed E-state index contributed by atoms with van der Waals surface area (Å²) < 4.78 is 28.6. The van der Waals surface area contributed by atoms with Crippen LogP contribution in [-0.2, 0) is 19.4 Å². The number of benzene rings is 2. The van der Waals surface area contributed by atoms with Gasteiger partial charge in [-0.05, 0) is 35.8 Å². The molecule has 2 aromatic carbocycles. The molecule has 124 valence electrons. The lowest BCUT2D eigenvalue weighted by atomic mass is 9.91. The number of hydrogen-bond acceptors (Lipinski definition) is 4. The van der Waals surface area contributed by atoms with Crippen molar-refractivity contribution >= 4 is 21.4 Å². The number of sulfone groups is 1. The predicted octanol–water partition coefficient (Wildman–Crippen LogP) is 3.23. The van der Waals surface area contributed by atoms with Gasteiger partial charge < -0.3 is 4.74 Å². The average molecular weight is 342 g/mol. The number of cyclic esters (lactones) is 1. The first kappa shape index (κ1) is 16.5. The summed E-state index contributed by atoms with van der Waals surface area (Å²) in [6.07, 6.45) is 1.56. The molecule has 0 aliphatic carbocycles. The van der Waals surface area contributed by atoms with E-state index in [1.54, 1.807) is 24.3 Å². The Morgan fingerprint density at radius 2 is 1.58 bits per heavy atom. The lowest BCUT2D eigenvalue weighted by Crippen LogP contribution is -2.02. The van der Waals surface area contributed by atoms with E-state index < -0.39 is 9.84 Å². The second kappa shape index (κ2) is 6.24. The molecular formula is C19H18O4S. The molecule has 0 N–H and O–H groups in total.